The Morgan fingerprint density at radius 1 is 1.12 bits per heavy atom. The molecule has 1 heterocycles. The summed E-state index contributed by atoms with van der Waals surface area (Å²) in [5, 5.41) is 14.4. The maximum absolute atomic E-state index is 13.0. The smallest absolute Gasteiger partial charge is 0.408 e. The zero-order chi connectivity index (χ0) is 24.1. The highest BCUT2D eigenvalue weighted by molar-refractivity contribution is 5.90. The number of fused-ring (bicyclic) bond motifs is 3. The fourth-order valence-electron chi connectivity index (χ4n) is 4.64. The number of carboxylic acid groups (broad SMARTS) is 1. The summed E-state index contributed by atoms with van der Waals surface area (Å²) in [6, 6.07) is 16.2. The van der Waals surface area contributed by atoms with Gasteiger partial charge in [0.25, 0.3) is 0 Å². The van der Waals surface area contributed by atoms with Gasteiger partial charge in [-0.15, -0.1) is 0 Å². The summed E-state index contributed by atoms with van der Waals surface area (Å²) in [7, 11) is 0. The highest BCUT2D eigenvalue weighted by atomic mass is 16.6. The Kier molecular flexibility index (Phi) is 7.17. The fraction of sp³-hybridized carbons (Fsp3) is 0.423. The molecule has 1 aliphatic heterocycles. The molecule has 2 unspecified atom stereocenters. The molecule has 0 spiro atoms. The van der Waals surface area contributed by atoms with E-state index in [1.54, 1.807) is 0 Å². The number of ether oxygens (including phenoxy) is 2. The quantitative estimate of drug-likeness (QED) is 0.523. The molecule has 1 saturated heterocycles. The highest BCUT2D eigenvalue weighted by Gasteiger charge is 2.44. The predicted molar refractivity (Wildman–Crippen MR) is 125 cm³/mol. The van der Waals surface area contributed by atoms with Crippen LogP contribution in [0.5, 0.6) is 0 Å². The maximum Gasteiger partial charge on any atom is 0.408 e. The lowest BCUT2D eigenvalue weighted by Gasteiger charge is -2.28. The molecule has 34 heavy (non-hydrogen) atoms. The number of nitrogens with one attached hydrogen (secondary N) is 2. The zero-order valence-corrected chi connectivity index (χ0v) is 19.2. The summed E-state index contributed by atoms with van der Waals surface area (Å²) in [5.74, 6) is -1.29. The molecule has 0 radical (unpaired) electrons. The summed E-state index contributed by atoms with van der Waals surface area (Å²) in [4.78, 5) is 36.5. The van der Waals surface area contributed by atoms with E-state index in [0.717, 1.165) is 22.3 Å². The third-order valence-corrected chi connectivity index (χ3v) is 6.60. The Morgan fingerprint density at radius 3 is 2.35 bits per heavy atom. The zero-order valence-electron chi connectivity index (χ0n) is 19.2. The van der Waals surface area contributed by atoms with E-state index in [9.17, 15) is 14.4 Å². The first-order valence-corrected chi connectivity index (χ1v) is 11.6. The number of amides is 2. The van der Waals surface area contributed by atoms with Gasteiger partial charge in [0.15, 0.2) is 0 Å². The molecule has 2 aromatic carbocycles. The average Bonchev–Trinajstić information content (AvgIpc) is 3.43. The molecule has 180 valence electrons. The second-order valence-corrected chi connectivity index (χ2v) is 9.08. The summed E-state index contributed by atoms with van der Waals surface area (Å²) < 4.78 is 11.0. The van der Waals surface area contributed by atoms with Crippen molar-refractivity contribution in [2.24, 2.45) is 5.92 Å². The number of carbonyl (C=O) groups is 3. The number of hydrogen-bond acceptors (Lipinski definition) is 5. The lowest BCUT2D eigenvalue weighted by Crippen LogP contribution is -2.60. The number of aliphatic carboxylic acids is 1. The van der Waals surface area contributed by atoms with E-state index in [4.69, 9.17) is 14.6 Å². The molecule has 2 amide bonds. The molecule has 0 bridgehead atoms. The first-order chi connectivity index (χ1) is 16.4. The van der Waals surface area contributed by atoms with Gasteiger partial charge in [-0.05, 0) is 34.6 Å². The number of alkyl carbamates (subject to hydrolysis) is 1. The van der Waals surface area contributed by atoms with E-state index in [0.29, 0.717) is 26.0 Å². The topological polar surface area (TPSA) is 114 Å². The van der Waals surface area contributed by atoms with E-state index in [-0.39, 0.29) is 37.4 Å². The summed E-state index contributed by atoms with van der Waals surface area (Å²) >= 11 is 0. The second kappa shape index (κ2) is 10.3. The van der Waals surface area contributed by atoms with Crippen molar-refractivity contribution in [3.05, 3.63) is 59.7 Å². The van der Waals surface area contributed by atoms with Crippen LogP contribution in [0.2, 0.25) is 0 Å². The molecule has 2 aromatic rings. The second-order valence-electron chi connectivity index (χ2n) is 9.08. The molecule has 1 aliphatic carbocycles. The maximum atomic E-state index is 13.0. The largest absolute Gasteiger partial charge is 0.481 e. The minimum Gasteiger partial charge on any atom is -0.481 e. The van der Waals surface area contributed by atoms with Crippen molar-refractivity contribution < 1.29 is 29.0 Å². The highest BCUT2D eigenvalue weighted by Crippen LogP contribution is 2.44. The molecule has 4 rings (SSSR count). The summed E-state index contributed by atoms with van der Waals surface area (Å²) in [5.41, 5.74) is 3.31. The van der Waals surface area contributed by atoms with Crippen molar-refractivity contribution in [3.8, 4) is 11.1 Å². The van der Waals surface area contributed by atoms with E-state index < -0.39 is 17.6 Å². The Bertz CT molecular complexity index is 1020. The first kappa shape index (κ1) is 23.8. The first-order valence-electron chi connectivity index (χ1n) is 11.6. The summed E-state index contributed by atoms with van der Waals surface area (Å²) in [6.07, 6.45) is 0.177. The van der Waals surface area contributed by atoms with Crippen molar-refractivity contribution in [2.45, 2.75) is 37.6 Å². The monoisotopic (exact) mass is 466 g/mol. The van der Waals surface area contributed by atoms with Crippen LogP contribution in [-0.2, 0) is 19.1 Å². The molecular weight excluding hydrogens is 436 g/mol. The molecule has 8 heteroatoms. The Morgan fingerprint density at radius 2 is 1.76 bits per heavy atom. The molecule has 1 fully saturated rings. The van der Waals surface area contributed by atoms with Gasteiger partial charge in [-0.1, -0.05) is 55.5 Å². The van der Waals surface area contributed by atoms with Crippen molar-refractivity contribution in [3.63, 3.8) is 0 Å². The van der Waals surface area contributed by atoms with Gasteiger partial charge in [-0.25, -0.2) is 4.79 Å². The third kappa shape index (κ3) is 5.07. The van der Waals surface area contributed by atoms with Crippen LogP contribution in [0, 0.1) is 5.92 Å². The van der Waals surface area contributed by atoms with E-state index in [1.165, 1.54) is 0 Å². The number of carbonyl (C=O) groups excluding carboxylic acids is 2. The third-order valence-electron chi connectivity index (χ3n) is 6.60. The molecule has 8 nitrogen and oxygen atoms in total. The fourth-order valence-corrected chi connectivity index (χ4v) is 4.64. The minimum absolute atomic E-state index is 0.00567. The Labute approximate surface area is 198 Å². The van der Waals surface area contributed by atoms with E-state index in [1.807, 2.05) is 43.3 Å². The molecule has 2 aliphatic rings. The standard InChI is InChI=1S/C26H30N2O6/c1-17(10-11-23(29)30)14-27-24(31)26(12-13-33-16-26)28-25(32)34-15-22-20-8-4-2-6-18(20)19-7-3-5-9-21(19)22/h2-9,17,22H,10-16H2,1H3,(H,27,31)(H,28,32)(H,29,30). The Balaban J connectivity index is 1.36. The van der Waals surface area contributed by atoms with Crippen LogP contribution in [-0.4, -0.2) is 55.0 Å². The van der Waals surface area contributed by atoms with Crippen LogP contribution in [0.3, 0.4) is 0 Å². The number of carboxylic acids is 1. The molecule has 3 N–H and O–H groups in total. The van der Waals surface area contributed by atoms with Crippen LogP contribution in [0.4, 0.5) is 4.79 Å². The van der Waals surface area contributed by atoms with Gasteiger partial charge in [-0.3, -0.25) is 9.59 Å². The number of benzene rings is 2. The van der Waals surface area contributed by atoms with Crippen molar-refractivity contribution >= 4 is 18.0 Å². The molecular formula is C26H30N2O6. The van der Waals surface area contributed by atoms with Gasteiger partial charge >= 0.3 is 12.1 Å². The van der Waals surface area contributed by atoms with E-state index >= 15 is 0 Å². The van der Waals surface area contributed by atoms with Crippen LogP contribution in [0.1, 0.15) is 43.2 Å². The Hall–Kier alpha value is -3.39. The van der Waals surface area contributed by atoms with Gasteiger partial charge in [0.05, 0.1) is 6.61 Å². The van der Waals surface area contributed by atoms with Crippen LogP contribution >= 0.6 is 0 Å². The predicted octanol–water partition coefficient (Wildman–Crippen LogP) is 3.30. The normalized spacial score (nSPS) is 19.7. The van der Waals surface area contributed by atoms with Crippen molar-refractivity contribution in [1.29, 1.82) is 0 Å². The van der Waals surface area contributed by atoms with Crippen LogP contribution < -0.4 is 10.6 Å². The van der Waals surface area contributed by atoms with Gasteiger partial charge in [0, 0.05) is 31.9 Å². The van der Waals surface area contributed by atoms with Crippen molar-refractivity contribution in [1.82, 2.24) is 10.6 Å². The minimum atomic E-state index is -1.20. The number of rotatable bonds is 9. The van der Waals surface area contributed by atoms with E-state index in [2.05, 4.69) is 22.8 Å². The van der Waals surface area contributed by atoms with Crippen LogP contribution in [0.15, 0.2) is 48.5 Å². The number of hydrogen-bond donors (Lipinski definition) is 3. The van der Waals surface area contributed by atoms with Crippen molar-refractivity contribution in [2.75, 3.05) is 26.4 Å². The van der Waals surface area contributed by atoms with Crippen LogP contribution in [0.25, 0.3) is 11.1 Å². The van der Waals surface area contributed by atoms with Gasteiger partial charge < -0.3 is 25.2 Å². The lowest BCUT2D eigenvalue weighted by atomic mass is 9.97. The molecule has 2 atom stereocenters. The molecule has 0 saturated carbocycles. The van der Waals surface area contributed by atoms with Gasteiger partial charge in [0.2, 0.25) is 5.91 Å². The van der Waals surface area contributed by atoms with Gasteiger partial charge in [0.1, 0.15) is 12.1 Å². The molecule has 0 aromatic heterocycles. The van der Waals surface area contributed by atoms with Gasteiger partial charge in [-0.2, -0.15) is 0 Å². The SMILES string of the molecule is CC(CCC(=O)O)CNC(=O)C1(NC(=O)OCC2c3ccccc3-c3ccccc32)CCOC1. The summed E-state index contributed by atoms with van der Waals surface area (Å²) in [6.45, 7) is 2.77. The lowest BCUT2D eigenvalue weighted by molar-refractivity contribution is -0.137. The average molecular weight is 467 g/mol.